The number of aromatic nitrogens is 1. The number of carbonyl (C=O) groups excluding carboxylic acids is 1. The number of halogens is 1. The first-order chi connectivity index (χ1) is 9.11. The van der Waals surface area contributed by atoms with Crippen LogP contribution in [0.25, 0.3) is 0 Å². The SMILES string of the molecule is COC(=O)c1cc(Oc2ccccc2F)ncc1N. The zero-order chi connectivity index (χ0) is 13.8. The molecule has 5 nitrogen and oxygen atoms in total. The molecule has 1 aromatic carbocycles. The summed E-state index contributed by atoms with van der Waals surface area (Å²) in [6, 6.07) is 7.17. The number of nitrogens with zero attached hydrogens (tertiary/aromatic N) is 1. The minimum atomic E-state index is -0.613. The van der Waals surface area contributed by atoms with E-state index >= 15 is 0 Å². The number of hydrogen-bond acceptors (Lipinski definition) is 5. The Bertz CT molecular complexity index is 617. The van der Waals surface area contributed by atoms with Crippen molar-refractivity contribution in [1.29, 1.82) is 0 Å². The number of nitrogen functional groups attached to an aromatic ring is 1. The second-order valence-corrected chi connectivity index (χ2v) is 3.63. The first kappa shape index (κ1) is 12.8. The molecule has 0 aliphatic carbocycles. The van der Waals surface area contributed by atoms with Gasteiger partial charge in [0.1, 0.15) is 0 Å². The third kappa shape index (κ3) is 2.79. The predicted octanol–water partition coefficient (Wildman–Crippen LogP) is 2.38. The summed E-state index contributed by atoms with van der Waals surface area (Å²) in [5, 5.41) is 0. The molecule has 0 bridgehead atoms. The van der Waals surface area contributed by atoms with Gasteiger partial charge < -0.3 is 15.2 Å². The average molecular weight is 262 g/mol. The van der Waals surface area contributed by atoms with Crippen molar-refractivity contribution in [1.82, 2.24) is 4.98 Å². The van der Waals surface area contributed by atoms with Gasteiger partial charge in [-0.1, -0.05) is 12.1 Å². The van der Waals surface area contributed by atoms with Crippen molar-refractivity contribution in [3.05, 3.63) is 47.9 Å². The van der Waals surface area contributed by atoms with Gasteiger partial charge in [0, 0.05) is 6.07 Å². The highest BCUT2D eigenvalue weighted by Gasteiger charge is 2.13. The van der Waals surface area contributed by atoms with Crippen LogP contribution in [0.5, 0.6) is 11.6 Å². The van der Waals surface area contributed by atoms with Crippen LogP contribution in [0.1, 0.15) is 10.4 Å². The molecule has 0 aliphatic rings. The molecule has 0 radical (unpaired) electrons. The molecule has 0 aliphatic heterocycles. The number of carbonyl (C=O) groups is 1. The van der Waals surface area contributed by atoms with Gasteiger partial charge in [0.05, 0.1) is 24.6 Å². The lowest BCUT2D eigenvalue weighted by Crippen LogP contribution is -2.06. The number of benzene rings is 1. The molecule has 0 saturated carbocycles. The summed E-state index contributed by atoms with van der Waals surface area (Å²) < 4.78 is 23.2. The third-order valence-electron chi connectivity index (χ3n) is 2.37. The van der Waals surface area contributed by atoms with Crippen molar-refractivity contribution in [2.75, 3.05) is 12.8 Å². The van der Waals surface area contributed by atoms with Gasteiger partial charge in [-0.05, 0) is 12.1 Å². The summed E-state index contributed by atoms with van der Waals surface area (Å²) in [6.07, 6.45) is 1.25. The van der Waals surface area contributed by atoms with Gasteiger partial charge in [0.2, 0.25) is 5.88 Å². The fourth-order valence-corrected chi connectivity index (χ4v) is 1.43. The van der Waals surface area contributed by atoms with Crippen LogP contribution in [0.4, 0.5) is 10.1 Å². The molecule has 2 rings (SSSR count). The number of ether oxygens (including phenoxy) is 2. The molecule has 6 heteroatoms. The van der Waals surface area contributed by atoms with Gasteiger partial charge in [-0.15, -0.1) is 0 Å². The summed E-state index contributed by atoms with van der Waals surface area (Å²) >= 11 is 0. The van der Waals surface area contributed by atoms with Crippen LogP contribution >= 0.6 is 0 Å². The fraction of sp³-hybridized carbons (Fsp3) is 0.0769. The van der Waals surface area contributed by atoms with Gasteiger partial charge in [-0.25, -0.2) is 14.2 Å². The molecule has 0 saturated heterocycles. The Morgan fingerprint density at radius 3 is 2.79 bits per heavy atom. The molecule has 0 amide bonds. The van der Waals surface area contributed by atoms with Crippen molar-refractivity contribution in [3.8, 4) is 11.6 Å². The van der Waals surface area contributed by atoms with E-state index in [9.17, 15) is 9.18 Å². The molecule has 0 spiro atoms. The van der Waals surface area contributed by atoms with E-state index in [2.05, 4.69) is 9.72 Å². The second-order valence-electron chi connectivity index (χ2n) is 3.63. The van der Waals surface area contributed by atoms with Crippen molar-refractivity contribution < 1.29 is 18.7 Å². The van der Waals surface area contributed by atoms with Gasteiger partial charge in [-0.2, -0.15) is 0 Å². The Hall–Kier alpha value is -2.63. The van der Waals surface area contributed by atoms with E-state index in [4.69, 9.17) is 10.5 Å². The van der Waals surface area contributed by atoms with Crippen molar-refractivity contribution >= 4 is 11.7 Å². The number of esters is 1. The number of para-hydroxylation sites is 1. The smallest absolute Gasteiger partial charge is 0.340 e. The second kappa shape index (κ2) is 5.34. The van der Waals surface area contributed by atoms with E-state index in [1.54, 1.807) is 12.1 Å². The van der Waals surface area contributed by atoms with Crippen LogP contribution < -0.4 is 10.5 Å². The molecule has 0 unspecified atom stereocenters. The Balaban J connectivity index is 2.32. The molecule has 0 fully saturated rings. The Morgan fingerprint density at radius 1 is 1.37 bits per heavy atom. The molecule has 2 aromatic rings. The molecule has 98 valence electrons. The minimum absolute atomic E-state index is 0.00980. The quantitative estimate of drug-likeness (QED) is 0.859. The molecule has 2 N–H and O–H groups in total. The number of hydrogen-bond donors (Lipinski definition) is 1. The van der Waals surface area contributed by atoms with Crippen LogP contribution in [-0.4, -0.2) is 18.1 Å². The molecular weight excluding hydrogens is 251 g/mol. The summed E-state index contributed by atoms with van der Waals surface area (Å²) in [7, 11) is 1.24. The number of pyridine rings is 1. The van der Waals surface area contributed by atoms with Gasteiger partial charge >= 0.3 is 5.97 Å². The zero-order valence-electron chi connectivity index (χ0n) is 10.1. The molecular formula is C13H11FN2O3. The lowest BCUT2D eigenvalue weighted by atomic mass is 10.2. The number of anilines is 1. The van der Waals surface area contributed by atoms with Crippen LogP contribution in [0, 0.1) is 5.82 Å². The summed E-state index contributed by atoms with van der Waals surface area (Å²) in [5.41, 5.74) is 5.87. The van der Waals surface area contributed by atoms with Gasteiger partial charge in [-0.3, -0.25) is 0 Å². The standard InChI is InChI=1S/C13H11FN2O3/c1-18-13(17)8-6-12(16-7-10(8)15)19-11-5-3-2-4-9(11)14/h2-7H,15H2,1H3. The van der Waals surface area contributed by atoms with Crippen LogP contribution in [-0.2, 0) is 4.74 Å². The maximum absolute atomic E-state index is 13.4. The maximum atomic E-state index is 13.4. The summed E-state index contributed by atoms with van der Waals surface area (Å²) in [5.74, 6) is -1.07. The van der Waals surface area contributed by atoms with Crippen LogP contribution in [0.15, 0.2) is 36.5 Å². The van der Waals surface area contributed by atoms with Crippen molar-refractivity contribution in [2.45, 2.75) is 0 Å². The highest BCUT2D eigenvalue weighted by Crippen LogP contribution is 2.25. The van der Waals surface area contributed by atoms with E-state index in [0.29, 0.717) is 0 Å². The monoisotopic (exact) mass is 262 g/mol. The van der Waals surface area contributed by atoms with Crippen LogP contribution in [0.3, 0.4) is 0 Å². The largest absolute Gasteiger partial charge is 0.465 e. The summed E-state index contributed by atoms with van der Waals surface area (Å²) in [4.78, 5) is 15.3. The number of methoxy groups -OCH3 is 1. The topological polar surface area (TPSA) is 74.4 Å². The fourth-order valence-electron chi connectivity index (χ4n) is 1.43. The summed E-state index contributed by atoms with van der Waals surface area (Å²) in [6.45, 7) is 0. The van der Waals surface area contributed by atoms with E-state index in [-0.39, 0.29) is 22.9 Å². The molecule has 0 atom stereocenters. The van der Waals surface area contributed by atoms with Gasteiger partial charge in [0.15, 0.2) is 11.6 Å². The van der Waals surface area contributed by atoms with E-state index in [0.717, 1.165) is 0 Å². The van der Waals surface area contributed by atoms with Crippen LogP contribution in [0.2, 0.25) is 0 Å². The highest BCUT2D eigenvalue weighted by atomic mass is 19.1. The predicted molar refractivity (Wildman–Crippen MR) is 66.5 cm³/mol. The number of nitrogens with two attached hydrogens (primary N) is 1. The first-order valence-corrected chi connectivity index (χ1v) is 5.38. The average Bonchev–Trinajstić information content (AvgIpc) is 2.42. The molecule has 1 heterocycles. The van der Waals surface area contributed by atoms with Gasteiger partial charge in [0.25, 0.3) is 0 Å². The number of rotatable bonds is 3. The minimum Gasteiger partial charge on any atom is -0.465 e. The normalized spacial score (nSPS) is 10.0. The zero-order valence-corrected chi connectivity index (χ0v) is 10.1. The highest BCUT2D eigenvalue weighted by molar-refractivity contribution is 5.95. The molecule has 19 heavy (non-hydrogen) atoms. The van der Waals surface area contributed by atoms with E-state index in [1.165, 1.54) is 31.5 Å². The molecule has 1 aromatic heterocycles. The maximum Gasteiger partial charge on any atom is 0.340 e. The Morgan fingerprint density at radius 2 is 2.11 bits per heavy atom. The van der Waals surface area contributed by atoms with E-state index < -0.39 is 11.8 Å². The van der Waals surface area contributed by atoms with Crippen molar-refractivity contribution in [3.63, 3.8) is 0 Å². The first-order valence-electron chi connectivity index (χ1n) is 5.38. The Labute approximate surface area is 108 Å². The van der Waals surface area contributed by atoms with E-state index in [1.807, 2.05) is 0 Å². The lowest BCUT2D eigenvalue weighted by molar-refractivity contribution is 0.0601. The van der Waals surface area contributed by atoms with Crippen molar-refractivity contribution in [2.24, 2.45) is 0 Å². The third-order valence-corrected chi connectivity index (χ3v) is 2.37. The lowest BCUT2D eigenvalue weighted by Gasteiger charge is -2.08. The Kier molecular flexibility index (Phi) is 3.61.